The summed E-state index contributed by atoms with van der Waals surface area (Å²) in [5.41, 5.74) is 0. The van der Waals surface area contributed by atoms with E-state index in [9.17, 15) is 25.3 Å². The van der Waals surface area contributed by atoms with Crippen molar-refractivity contribution >= 4 is 78.1 Å². The third-order valence-electron chi connectivity index (χ3n) is 4.84. The van der Waals surface area contributed by atoms with Crippen LogP contribution in [0.1, 0.15) is 0 Å². The maximum Gasteiger partial charge on any atom is 0.339 e. The fourth-order valence-corrected chi connectivity index (χ4v) is 6.61. The molecule has 0 aliphatic heterocycles. The van der Waals surface area contributed by atoms with E-state index in [4.69, 9.17) is 12.5 Å². The molecule has 4 aromatic rings. The van der Waals surface area contributed by atoms with Gasteiger partial charge >= 0.3 is 30.4 Å². The molecule has 0 N–H and O–H groups in total. The van der Waals surface area contributed by atoms with Crippen LogP contribution < -0.4 is 12.5 Å². The minimum atomic E-state index is -4.61. The van der Waals surface area contributed by atoms with Gasteiger partial charge in [-0.15, -0.1) is 0 Å². The van der Waals surface area contributed by atoms with Crippen LogP contribution in [0, 0.1) is 0 Å². The first kappa shape index (κ1) is 29.6. The fourth-order valence-electron chi connectivity index (χ4n) is 3.00. The highest BCUT2D eigenvalue weighted by Gasteiger charge is 2.29. The van der Waals surface area contributed by atoms with Crippen molar-refractivity contribution in [3.8, 4) is 17.2 Å². The second kappa shape index (κ2) is 11.6. The predicted octanol–water partition coefficient (Wildman–Crippen LogP) is 6.28. The van der Waals surface area contributed by atoms with Gasteiger partial charge in [0.15, 0.2) is 11.5 Å². The van der Waals surface area contributed by atoms with Crippen LogP contribution in [0.3, 0.4) is 0 Å². The predicted molar refractivity (Wildman–Crippen MR) is 152 cm³/mol. The second-order valence-electron chi connectivity index (χ2n) is 7.56. The summed E-state index contributed by atoms with van der Waals surface area (Å²) < 4.78 is 95.6. The quantitative estimate of drug-likeness (QED) is 0.180. The van der Waals surface area contributed by atoms with Crippen LogP contribution >= 0.6 is 47.8 Å². The molecule has 39 heavy (non-hydrogen) atoms. The highest BCUT2D eigenvalue weighted by Crippen LogP contribution is 2.42. The van der Waals surface area contributed by atoms with E-state index in [0.717, 1.165) is 12.1 Å². The number of hydrogen-bond acceptors (Lipinski definition) is 9. The summed E-state index contributed by atoms with van der Waals surface area (Å²) >= 11 is 9.63. The average Bonchev–Trinajstić information content (AvgIpc) is 2.86. The maximum absolute atomic E-state index is 13.1. The molecular weight excluding hydrogens is 768 g/mol. The zero-order valence-corrected chi connectivity index (χ0v) is 26.4. The van der Waals surface area contributed by atoms with E-state index >= 15 is 0 Å². The lowest BCUT2D eigenvalue weighted by atomic mass is 10.3. The molecule has 15 heteroatoms. The van der Waals surface area contributed by atoms with E-state index in [1.807, 2.05) is 0 Å². The molecule has 9 nitrogen and oxygen atoms in total. The third kappa shape index (κ3) is 7.21. The average molecular weight is 783 g/mol. The van der Waals surface area contributed by atoms with Gasteiger partial charge in [0.2, 0.25) is 5.75 Å². The van der Waals surface area contributed by atoms with Crippen molar-refractivity contribution in [3.05, 3.63) is 104 Å². The summed E-state index contributed by atoms with van der Waals surface area (Å²) in [5.74, 6) is -2.04. The summed E-state index contributed by atoms with van der Waals surface area (Å²) in [6.45, 7) is 0. The van der Waals surface area contributed by atoms with Crippen molar-refractivity contribution in [2.24, 2.45) is 0 Å². The molecule has 0 saturated heterocycles. The molecule has 0 bridgehead atoms. The van der Waals surface area contributed by atoms with Crippen LogP contribution in [0.2, 0.25) is 0 Å². The summed E-state index contributed by atoms with van der Waals surface area (Å²) in [4.78, 5) is -0.791. The summed E-state index contributed by atoms with van der Waals surface area (Å²) in [6, 6.07) is 19.7. The molecule has 0 heterocycles. The minimum Gasteiger partial charge on any atom is -0.375 e. The molecule has 0 amide bonds. The van der Waals surface area contributed by atoms with Crippen LogP contribution in [-0.2, 0) is 30.4 Å². The van der Waals surface area contributed by atoms with E-state index in [-0.39, 0.29) is 14.7 Å². The highest BCUT2D eigenvalue weighted by molar-refractivity contribution is 9.11. The van der Waals surface area contributed by atoms with Gasteiger partial charge in [-0.05, 0) is 84.9 Å². The third-order valence-corrected chi connectivity index (χ3v) is 10.2. The lowest BCUT2D eigenvalue weighted by molar-refractivity contribution is 0.428. The van der Waals surface area contributed by atoms with Crippen molar-refractivity contribution in [2.45, 2.75) is 14.7 Å². The molecule has 4 rings (SSSR count). The first-order valence-corrected chi connectivity index (χ1v) is 17.1. The highest BCUT2D eigenvalue weighted by atomic mass is 79.9. The van der Waals surface area contributed by atoms with Gasteiger partial charge in [-0.25, -0.2) is 0 Å². The zero-order valence-electron chi connectivity index (χ0n) is 19.2. The Morgan fingerprint density at radius 2 is 0.692 bits per heavy atom. The molecular formula is C24H15Br3O9S3. The van der Waals surface area contributed by atoms with E-state index in [0.29, 0.717) is 13.4 Å². The van der Waals surface area contributed by atoms with E-state index in [1.54, 1.807) is 0 Å². The van der Waals surface area contributed by atoms with Crippen molar-refractivity contribution in [2.75, 3.05) is 0 Å². The second-order valence-corrected chi connectivity index (χ2v) is 14.9. The first-order chi connectivity index (χ1) is 18.3. The molecule has 0 saturated carbocycles. The van der Waals surface area contributed by atoms with Gasteiger partial charge in [0.25, 0.3) is 0 Å². The lowest BCUT2D eigenvalue weighted by Crippen LogP contribution is -2.16. The van der Waals surface area contributed by atoms with Gasteiger partial charge in [-0.1, -0.05) is 53.9 Å². The molecule has 0 atom stereocenters. The summed E-state index contributed by atoms with van der Waals surface area (Å²) in [7, 11) is -13.6. The lowest BCUT2D eigenvalue weighted by Gasteiger charge is -2.16. The summed E-state index contributed by atoms with van der Waals surface area (Å²) in [6.07, 6.45) is 0. The molecule has 0 aromatic heterocycles. The van der Waals surface area contributed by atoms with E-state index in [2.05, 4.69) is 47.8 Å². The van der Waals surface area contributed by atoms with Gasteiger partial charge in [-0.3, -0.25) is 0 Å². The Labute approximate surface area is 250 Å². The molecule has 4 aromatic carbocycles. The Hall–Kier alpha value is -2.43. The molecule has 0 fully saturated rings. The van der Waals surface area contributed by atoms with Gasteiger partial charge in [0.05, 0.1) is 0 Å². The largest absolute Gasteiger partial charge is 0.375 e. The molecule has 0 aliphatic rings. The van der Waals surface area contributed by atoms with Gasteiger partial charge in [-0.2, -0.15) is 25.3 Å². The number of halogens is 3. The van der Waals surface area contributed by atoms with Crippen molar-refractivity contribution in [3.63, 3.8) is 0 Å². The van der Waals surface area contributed by atoms with Crippen molar-refractivity contribution in [1.29, 1.82) is 0 Å². The molecule has 0 aliphatic carbocycles. The van der Waals surface area contributed by atoms with Crippen molar-refractivity contribution < 1.29 is 37.8 Å². The van der Waals surface area contributed by atoms with Crippen LogP contribution in [-0.4, -0.2) is 25.3 Å². The van der Waals surface area contributed by atoms with Crippen LogP contribution in [0.5, 0.6) is 17.2 Å². The normalized spacial score (nSPS) is 12.1. The Bertz CT molecular complexity index is 1730. The number of rotatable bonds is 9. The topological polar surface area (TPSA) is 130 Å². The number of hydrogen-bond donors (Lipinski definition) is 0. The number of benzene rings is 4. The Balaban J connectivity index is 1.81. The van der Waals surface area contributed by atoms with Crippen molar-refractivity contribution in [1.82, 2.24) is 0 Å². The molecule has 0 spiro atoms. The first-order valence-electron chi connectivity index (χ1n) is 10.5. The monoisotopic (exact) mass is 780 g/mol. The van der Waals surface area contributed by atoms with E-state index in [1.165, 1.54) is 78.9 Å². The minimum absolute atomic E-state index is 0.249. The maximum atomic E-state index is 13.1. The van der Waals surface area contributed by atoms with Crippen LogP contribution in [0.15, 0.2) is 119 Å². The summed E-state index contributed by atoms with van der Waals surface area (Å²) in [5, 5.41) is 0. The van der Waals surface area contributed by atoms with Gasteiger partial charge < -0.3 is 12.5 Å². The molecule has 0 radical (unpaired) electrons. The Morgan fingerprint density at radius 3 is 1.00 bits per heavy atom. The fraction of sp³-hybridized carbons (Fsp3) is 0. The Kier molecular flexibility index (Phi) is 8.78. The number of para-hydroxylation sites is 1. The zero-order chi connectivity index (χ0) is 28.4. The van der Waals surface area contributed by atoms with Crippen LogP contribution in [0.4, 0.5) is 0 Å². The van der Waals surface area contributed by atoms with E-state index < -0.39 is 47.6 Å². The molecule has 0 unspecified atom stereocenters. The smallest absolute Gasteiger partial charge is 0.339 e. The van der Waals surface area contributed by atoms with Gasteiger partial charge in [0, 0.05) is 13.4 Å². The molecule has 204 valence electrons. The van der Waals surface area contributed by atoms with Gasteiger partial charge in [0.1, 0.15) is 14.7 Å². The standard InChI is InChI=1S/C24H15Br3O9S3/c25-16-4-10-19(11-5-16)37(28,29)34-22-2-1-3-23(35-38(30,31)20-12-6-17(26)7-13-20)24(22)36-39(32,33)21-14-8-18(27)9-15-21/h1-15H. The van der Waals surface area contributed by atoms with Crippen LogP contribution in [0.25, 0.3) is 0 Å². The SMILES string of the molecule is O=S(=O)(Oc1cccc(OS(=O)(=O)c2ccc(Br)cc2)c1OS(=O)(=O)c1ccc(Br)cc1)c1ccc(Br)cc1. The Morgan fingerprint density at radius 1 is 0.410 bits per heavy atom.